The van der Waals surface area contributed by atoms with Crippen molar-refractivity contribution in [2.45, 2.75) is 32.7 Å². The molecule has 11 heteroatoms. The Kier molecular flexibility index (Phi) is 5.36. The lowest BCUT2D eigenvalue weighted by molar-refractivity contribution is -0.119. The number of benzene rings is 1. The molecular weight excluding hydrogens is 467 g/mol. The second kappa shape index (κ2) is 8.56. The molecule has 0 radical (unpaired) electrons. The van der Waals surface area contributed by atoms with Crippen molar-refractivity contribution in [1.29, 1.82) is 0 Å². The summed E-state index contributed by atoms with van der Waals surface area (Å²) in [6.07, 6.45) is 2.15. The van der Waals surface area contributed by atoms with Gasteiger partial charge in [0.15, 0.2) is 11.6 Å². The summed E-state index contributed by atoms with van der Waals surface area (Å²) >= 11 is 1.60. The molecule has 0 saturated carbocycles. The van der Waals surface area contributed by atoms with E-state index in [-0.39, 0.29) is 17.1 Å². The lowest BCUT2D eigenvalue weighted by Gasteiger charge is -2.23. The van der Waals surface area contributed by atoms with E-state index in [2.05, 4.69) is 40.2 Å². The summed E-state index contributed by atoms with van der Waals surface area (Å²) in [5.74, 6) is 2.99. The van der Waals surface area contributed by atoms with Gasteiger partial charge in [-0.2, -0.15) is 5.10 Å². The standard InChI is InChI=1S/C24H25FN8OS/c1-15-27-20(29-28-15)8-10-33-22(19-7-6-18(35-19)16-2-4-17(25)5-3-16)30-31-23(33)32-11-9-24(14-32)12-21(34)26-13-24/h2-7H,8-14H2,1H3,(H,26,34)(H,27,28,29). The van der Waals surface area contributed by atoms with Gasteiger partial charge in [0.2, 0.25) is 11.9 Å². The minimum absolute atomic E-state index is 0.0342. The van der Waals surface area contributed by atoms with Gasteiger partial charge in [0.05, 0.1) is 4.88 Å². The summed E-state index contributed by atoms with van der Waals surface area (Å²) < 4.78 is 15.5. The van der Waals surface area contributed by atoms with Crippen LogP contribution >= 0.6 is 11.3 Å². The predicted octanol–water partition coefficient (Wildman–Crippen LogP) is 3.20. The molecule has 2 aliphatic rings. The van der Waals surface area contributed by atoms with E-state index in [4.69, 9.17) is 0 Å². The maximum Gasteiger partial charge on any atom is 0.227 e. The SMILES string of the molecule is Cc1nc(CCn2c(-c3ccc(-c4ccc(F)cc4)s3)nnc2N2CCC3(CNC(=O)C3)C2)n[nH]1. The van der Waals surface area contributed by atoms with E-state index < -0.39 is 0 Å². The normalized spacial score (nSPS) is 19.7. The highest BCUT2D eigenvalue weighted by atomic mass is 32.1. The van der Waals surface area contributed by atoms with Gasteiger partial charge in [-0.25, -0.2) is 9.37 Å². The number of thiophene rings is 1. The minimum Gasteiger partial charge on any atom is -0.355 e. The highest BCUT2D eigenvalue weighted by Gasteiger charge is 2.45. The molecular formula is C24H25FN8OS. The highest BCUT2D eigenvalue weighted by molar-refractivity contribution is 7.18. The van der Waals surface area contributed by atoms with Gasteiger partial charge < -0.3 is 10.2 Å². The van der Waals surface area contributed by atoms with Crippen molar-refractivity contribution in [2.75, 3.05) is 24.5 Å². The molecule has 0 aliphatic carbocycles. The first-order valence-corrected chi connectivity index (χ1v) is 12.5. The summed E-state index contributed by atoms with van der Waals surface area (Å²) in [4.78, 5) is 20.6. The van der Waals surface area contributed by atoms with Gasteiger partial charge in [-0.3, -0.25) is 14.5 Å². The molecule has 2 saturated heterocycles. The maximum absolute atomic E-state index is 13.4. The minimum atomic E-state index is -0.250. The number of halogens is 1. The Morgan fingerprint density at radius 2 is 1.97 bits per heavy atom. The van der Waals surface area contributed by atoms with E-state index in [0.717, 1.165) is 58.2 Å². The number of H-pyrrole nitrogens is 1. The van der Waals surface area contributed by atoms with Gasteiger partial charge in [0.25, 0.3) is 0 Å². The first-order valence-electron chi connectivity index (χ1n) is 11.7. The smallest absolute Gasteiger partial charge is 0.227 e. The zero-order valence-corrected chi connectivity index (χ0v) is 20.1. The van der Waals surface area contributed by atoms with E-state index >= 15 is 0 Å². The Bertz CT molecular complexity index is 1380. The molecule has 1 aromatic carbocycles. The zero-order chi connectivity index (χ0) is 24.0. The van der Waals surface area contributed by atoms with Crippen LogP contribution in [0.15, 0.2) is 36.4 Å². The Balaban J connectivity index is 1.32. The van der Waals surface area contributed by atoms with Crippen molar-refractivity contribution in [1.82, 2.24) is 35.3 Å². The van der Waals surface area contributed by atoms with Crippen molar-refractivity contribution in [3.8, 4) is 21.1 Å². The van der Waals surface area contributed by atoms with Crippen molar-refractivity contribution in [2.24, 2.45) is 5.41 Å². The summed E-state index contributed by atoms with van der Waals surface area (Å²) in [5, 5.41) is 19.4. The molecule has 9 nitrogen and oxygen atoms in total. The van der Waals surface area contributed by atoms with Crippen molar-refractivity contribution in [3.63, 3.8) is 0 Å². The summed E-state index contributed by atoms with van der Waals surface area (Å²) in [7, 11) is 0. The fourth-order valence-electron chi connectivity index (χ4n) is 5.00. The van der Waals surface area contributed by atoms with Crippen LogP contribution in [0.3, 0.4) is 0 Å². The molecule has 2 N–H and O–H groups in total. The van der Waals surface area contributed by atoms with E-state index in [1.165, 1.54) is 12.1 Å². The van der Waals surface area contributed by atoms with Crippen molar-refractivity contribution < 1.29 is 9.18 Å². The largest absolute Gasteiger partial charge is 0.355 e. The van der Waals surface area contributed by atoms with E-state index in [9.17, 15) is 9.18 Å². The predicted molar refractivity (Wildman–Crippen MR) is 130 cm³/mol. The van der Waals surface area contributed by atoms with E-state index in [0.29, 0.717) is 25.9 Å². The monoisotopic (exact) mass is 492 g/mol. The lowest BCUT2D eigenvalue weighted by atomic mass is 9.86. The van der Waals surface area contributed by atoms with Crippen LogP contribution in [-0.2, 0) is 17.8 Å². The Morgan fingerprint density at radius 1 is 1.14 bits per heavy atom. The van der Waals surface area contributed by atoms with Crippen LogP contribution in [0.1, 0.15) is 24.5 Å². The lowest BCUT2D eigenvalue weighted by Crippen LogP contribution is -2.30. The molecule has 2 fully saturated rings. The average molecular weight is 493 g/mol. The number of hydrogen-bond donors (Lipinski definition) is 2. The molecule has 35 heavy (non-hydrogen) atoms. The molecule has 6 rings (SSSR count). The average Bonchev–Trinajstić information content (AvgIpc) is 3.65. The van der Waals surface area contributed by atoms with Crippen molar-refractivity contribution >= 4 is 23.2 Å². The van der Waals surface area contributed by atoms with E-state index in [1.807, 2.05) is 19.1 Å². The van der Waals surface area contributed by atoms with Gasteiger partial charge in [-0.05, 0) is 43.2 Å². The fraction of sp³-hybridized carbons (Fsp3) is 0.375. The first kappa shape index (κ1) is 21.9. The topological polar surface area (TPSA) is 105 Å². The fourth-order valence-corrected chi connectivity index (χ4v) is 6.01. The molecule has 4 aromatic rings. The number of amides is 1. The third kappa shape index (κ3) is 4.20. The number of anilines is 1. The van der Waals surface area contributed by atoms with Gasteiger partial charge in [-0.15, -0.1) is 21.5 Å². The molecule has 1 spiro atoms. The quantitative estimate of drug-likeness (QED) is 0.428. The van der Waals surface area contributed by atoms with Crippen LogP contribution in [0.2, 0.25) is 0 Å². The number of carbonyl (C=O) groups is 1. The molecule has 1 amide bonds. The number of rotatable bonds is 6. The maximum atomic E-state index is 13.4. The van der Waals surface area contributed by atoms with Crippen molar-refractivity contribution in [3.05, 3.63) is 53.9 Å². The molecule has 3 aromatic heterocycles. The number of carbonyl (C=O) groups excluding carboxylic acids is 1. The third-order valence-electron chi connectivity index (χ3n) is 6.81. The van der Waals surface area contributed by atoms with Crippen LogP contribution in [0.5, 0.6) is 0 Å². The first-order chi connectivity index (χ1) is 17.0. The van der Waals surface area contributed by atoms with Crippen LogP contribution in [0.4, 0.5) is 10.3 Å². The number of hydrogen-bond acceptors (Lipinski definition) is 7. The number of aromatic nitrogens is 6. The van der Waals surface area contributed by atoms with Gasteiger partial charge in [0, 0.05) is 49.3 Å². The summed E-state index contributed by atoms with van der Waals surface area (Å²) in [6, 6.07) is 10.6. The van der Waals surface area contributed by atoms with Crippen LogP contribution in [0, 0.1) is 18.2 Å². The van der Waals surface area contributed by atoms with Crippen LogP contribution in [-0.4, -0.2) is 55.5 Å². The molecule has 1 atom stereocenters. The second-order valence-corrected chi connectivity index (χ2v) is 10.4. The molecule has 1 unspecified atom stereocenters. The number of nitrogens with one attached hydrogen (secondary N) is 2. The van der Waals surface area contributed by atoms with Crippen LogP contribution in [0.25, 0.3) is 21.1 Å². The third-order valence-corrected chi connectivity index (χ3v) is 7.94. The Morgan fingerprint density at radius 3 is 2.71 bits per heavy atom. The van der Waals surface area contributed by atoms with Gasteiger partial charge in [0.1, 0.15) is 11.6 Å². The zero-order valence-electron chi connectivity index (χ0n) is 19.3. The Labute approximate surface area is 205 Å². The summed E-state index contributed by atoms with van der Waals surface area (Å²) in [5.41, 5.74) is 0.929. The second-order valence-electron chi connectivity index (χ2n) is 9.36. The number of nitrogens with zero attached hydrogens (tertiary/aromatic N) is 6. The van der Waals surface area contributed by atoms with Gasteiger partial charge in [-0.1, -0.05) is 12.1 Å². The number of aromatic amines is 1. The molecule has 0 bridgehead atoms. The molecule has 180 valence electrons. The van der Waals surface area contributed by atoms with E-state index in [1.54, 1.807) is 23.5 Å². The number of aryl methyl sites for hydroxylation is 2. The molecule has 5 heterocycles. The molecule has 2 aliphatic heterocycles. The highest BCUT2D eigenvalue weighted by Crippen LogP contribution is 2.40. The summed E-state index contributed by atoms with van der Waals surface area (Å²) in [6.45, 7) is 4.83. The van der Waals surface area contributed by atoms with Gasteiger partial charge >= 0.3 is 0 Å². The van der Waals surface area contributed by atoms with Crippen LogP contribution < -0.4 is 10.2 Å². The Hall–Kier alpha value is -3.60.